The molecule has 15 heteroatoms. The lowest BCUT2D eigenvalue weighted by molar-refractivity contribution is -0.296. The van der Waals surface area contributed by atoms with Crippen molar-refractivity contribution in [3.8, 4) is 0 Å². The van der Waals surface area contributed by atoms with Crippen LogP contribution < -0.4 is 5.32 Å². The third-order valence-electron chi connectivity index (χ3n) is 6.75. The van der Waals surface area contributed by atoms with Gasteiger partial charge in [0.15, 0.2) is 36.4 Å². The molecule has 4 fully saturated rings. The molecule has 232 valence electrons. The van der Waals surface area contributed by atoms with Gasteiger partial charge in [0.2, 0.25) is 5.91 Å². The van der Waals surface area contributed by atoms with Crippen LogP contribution in [0.5, 0.6) is 0 Å². The molecule has 0 aromatic carbocycles. The first kappa shape index (κ1) is 31.5. The van der Waals surface area contributed by atoms with Crippen molar-refractivity contribution in [1.82, 2.24) is 5.32 Å². The average molecular weight is 590 g/mol. The zero-order valence-corrected chi connectivity index (χ0v) is 24.4. The van der Waals surface area contributed by atoms with Crippen LogP contribution in [0, 0.1) is 0 Å². The maximum Gasteiger partial charge on any atom is 0.303 e. The summed E-state index contributed by atoms with van der Waals surface area (Å²) in [6.07, 6.45) is -8.03. The minimum atomic E-state index is -1.26. The van der Waals surface area contributed by atoms with Gasteiger partial charge in [-0.1, -0.05) is 0 Å². The lowest BCUT2D eigenvalue weighted by Crippen LogP contribution is -2.67. The van der Waals surface area contributed by atoms with Crippen LogP contribution in [0.3, 0.4) is 0 Å². The molecule has 0 bridgehead atoms. The Morgan fingerprint density at radius 2 is 1.27 bits per heavy atom. The Hall–Kier alpha value is -2.40. The van der Waals surface area contributed by atoms with Crippen molar-refractivity contribution < 1.29 is 66.5 Å². The fourth-order valence-electron chi connectivity index (χ4n) is 5.45. The standard InChI is InChI=1S/C26H39NO14/c1-11(28)27-17-20(35-14(4)31)18(34-13(3)30)15(9-32-12(2)29)36-23(17)33-10-16-19-21(39-25(5,6)38-19)22-24(37-16)41-26(7,8)40-22/h15-24H,9-10H2,1-8H3,(H,27,28). The summed E-state index contributed by atoms with van der Waals surface area (Å²) < 4.78 is 58.7. The molecule has 0 aliphatic carbocycles. The predicted molar refractivity (Wildman–Crippen MR) is 132 cm³/mol. The highest BCUT2D eigenvalue weighted by Crippen LogP contribution is 2.44. The summed E-state index contributed by atoms with van der Waals surface area (Å²) >= 11 is 0. The maximum absolute atomic E-state index is 12.2. The molecule has 10 unspecified atom stereocenters. The second-order valence-corrected chi connectivity index (χ2v) is 11.3. The minimum absolute atomic E-state index is 0.139. The average Bonchev–Trinajstić information content (AvgIpc) is 3.32. The quantitative estimate of drug-likeness (QED) is 0.297. The molecule has 10 atom stereocenters. The largest absolute Gasteiger partial charge is 0.463 e. The number of amides is 1. The molecular weight excluding hydrogens is 550 g/mol. The van der Waals surface area contributed by atoms with Crippen molar-refractivity contribution in [2.24, 2.45) is 0 Å². The molecular formula is C26H39NO14. The van der Waals surface area contributed by atoms with Crippen molar-refractivity contribution in [3.05, 3.63) is 0 Å². The monoisotopic (exact) mass is 589 g/mol. The van der Waals surface area contributed by atoms with Gasteiger partial charge in [0.25, 0.3) is 0 Å². The fourth-order valence-corrected chi connectivity index (χ4v) is 5.45. The van der Waals surface area contributed by atoms with Crippen LogP contribution in [0.25, 0.3) is 0 Å². The highest BCUT2D eigenvalue weighted by atomic mass is 16.9. The Morgan fingerprint density at radius 3 is 1.88 bits per heavy atom. The number of carbonyl (C=O) groups is 4. The molecule has 4 rings (SSSR count). The maximum atomic E-state index is 12.2. The predicted octanol–water partition coefficient (Wildman–Crippen LogP) is 0.0556. The first-order valence-electron chi connectivity index (χ1n) is 13.4. The van der Waals surface area contributed by atoms with Crippen LogP contribution in [-0.4, -0.2) is 110 Å². The summed E-state index contributed by atoms with van der Waals surface area (Å²) in [6.45, 7) is 11.4. The molecule has 41 heavy (non-hydrogen) atoms. The van der Waals surface area contributed by atoms with Crippen molar-refractivity contribution in [3.63, 3.8) is 0 Å². The summed E-state index contributed by atoms with van der Waals surface area (Å²) in [7, 11) is 0. The van der Waals surface area contributed by atoms with Gasteiger partial charge < -0.3 is 52.7 Å². The summed E-state index contributed by atoms with van der Waals surface area (Å²) in [5.41, 5.74) is 0. The molecule has 0 aromatic rings. The van der Waals surface area contributed by atoms with E-state index in [9.17, 15) is 19.2 Å². The van der Waals surface area contributed by atoms with Crippen LogP contribution in [0.15, 0.2) is 0 Å². The Morgan fingerprint density at radius 1 is 0.683 bits per heavy atom. The van der Waals surface area contributed by atoms with Crippen LogP contribution >= 0.6 is 0 Å². The van der Waals surface area contributed by atoms with E-state index in [-0.39, 0.29) is 13.2 Å². The number of hydrogen-bond acceptors (Lipinski definition) is 14. The van der Waals surface area contributed by atoms with E-state index in [1.807, 2.05) is 0 Å². The number of ether oxygens (including phenoxy) is 10. The number of rotatable bonds is 8. The number of nitrogens with one attached hydrogen (secondary N) is 1. The van der Waals surface area contributed by atoms with Gasteiger partial charge in [0, 0.05) is 27.7 Å². The first-order valence-corrected chi connectivity index (χ1v) is 13.4. The first-order chi connectivity index (χ1) is 19.0. The third kappa shape index (κ3) is 7.52. The Labute approximate surface area is 237 Å². The van der Waals surface area contributed by atoms with Crippen LogP contribution in [0.4, 0.5) is 0 Å². The van der Waals surface area contributed by atoms with E-state index >= 15 is 0 Å². The molecule has 0 saturated carbocycles. The number of hydrogen-bond donors (Lipinski definition) is 1. The molecule has 4 heterocycles. The Balaban J connectivity index is 1.59. The van der Waals surface area contributed by atoms with Crippen LogP contribution in [-0.2, 0) is 66.5 Å². The van der Waals surface area contributed by atoms with Gasteiger partial charge in [-0.05, 0) is 27.7 Å². The van der Waals surface area contributed by atoms with Gasteiger partial charge in [0.1, 0.15) is 43.2 Å². The number of fused-ring (bicyclic) bond motifs is 3. The highest BCUT2D eigenvalue weighted by Gasteiger charge is 2.61. The Kier molecular flexibility index (Phi) is 9.28. The minimum Gasteiger partial charge on any atom is -0.463 e. The van der Waals surface area contributed by atoms with Crippen molar-refractivity contribution in [1.29, 1.82) is 0 Å². The van der Waals surface area contributed by atoms with Crippen LogP contribution in [0.1, 0.15) is 55.4 Å². The van der Waals surface area contributed by atoms with E-state index in [1.54, 1.807) is 27.7 Å². The lowest BCUT2D eigenvalue weighted by atomic mass is 9.95. The highest BCUT2D eigenvalue weighted by molar-refractivity contribution is 5.73. The molecule has 1 N–H and O–H groups in total. The van der Waals surface area contributed by atoms with E-state index in [0.717, 1.165) is 6.92 Å². The summed E-state index contributed by atoms with van der Waals surface area (Å²) in [5, 5.41) is 2.66. The summed E-state index contributed by atoms with van der Waals surface area (Å²) in [5.74, 6) is -4.37. The van der Waals surface area contributed by atoms with Gasteiger partial charge >= 0.3 is 17.9 Å². The molecule has 0 radical (unpaired) electrons. The molecule has 0 spiro atoms. The summed E-state index contributed by atoms with van der Waals surface area (Å²) in [4.78, 5) is 47.8. The van der Waals surface area contributed by atoms with Crippen LogP contribution in [0.2, 0.25) is 0 Å². The zero-order chi connectivity index (χ0) is 30.3. The molecule has 4 aliphatic rings. The fraction of sp³-hybridized carbons (Fsp3) is 0.846. The summed E-state index contributed by atoms with van der Waals surface area (Å²) in [6, 6.07) is -1.12. The molecule has 4 aliphatic heterocycles. The van der Waals surface area contributed by atoms with Crippen molar-refractivity contribution >= 4 is 23.8 Å². The lowest BCUT2D eigenvalue weighted by Gasteiger charge is -2.45. The van der Waals surface area contributed by atoms with Gasteiger partial charge in [-0.3, -0.25) is 19.2 Å². The normalized spacial score (nSPS) is 38.7. The van der Waals surface area contributed by atoms with E-state index in [1.165, 1.54) is 20.8 Å². The van der Waals surface area contributed by atoms with Crippen molar-refractivity contribution in [2.45, 2.75) is 128 Å². The van der Waals surface area contributed by atoms with Gasteiger partial charge in [-0.25, -0.2) is 0 Å². The van der Waals surface area contributed by atoms with E-state index in [0.29, 0.717) is 0 Å². The Bertz CT molecular complexity index is 1020. The third-order valence-corrected chi connectivity index (χ3v) is 6.75. The van der Waals surface area contributed by atoms with Gasteiger partial charge in [0.05, 0.1) is 6.61 Å². The second-order valence-electron chi connectivity index (χ2n) is 11.3. The van der Waals surface area contributed by atoms with E-state index in [4.69, 9.17) is 47.4 Å². The molecule has 15 nitrogen and oxygen atoms in total. The van der Waals surface area contributed by atoms with Crippen molar-refractivity contribution in [2.75, 3.05) is 13.2 Å². The molecule has 1 amide bonds. The van der Waals surface area contributed by atoms with E-state index in [2.05, 4.69) is 5.32 Å². The topological polar surface area (TPSA) is 173 Å². The molecule has 4 saturated heterocycles. The number of esters is 3. The zero-order valence-electron chi connectivity index (χ0n) is 24.4. The second kappa shape index (κ2) is 12.1. The molecule has 0 aromatic heterocycles. The smallest absolute Gasteiger partial charge is 0.303 e. The van der Waals surface area contributed by atoms with Gasteiger partial charge in [-0.2, -0.15) is 0 Å². The number of carbonyl (C=O) groups excluding carboxylic acids is 4. The SMILES string of the molecule is CC(=O)NC1C(OCC2OC3OC(C)(C)OC3C3OC(C)(C)OC23)OC(COC(C)=O)C(OC(C)=O)C1OC(C)=O. The van der Waals surface area contributed by atoms with Gasteiger partial charge in [-0.15, -0.1) is 0 Å². The van der Waals surface area contributed by atoms with E-state index < -0.39 is 96.7 Å².